The van der Waals surface area contributed by atoms with Crippen molar-refractivity contribution in [2.24, 2.45) is 5.14 Å². The van der Waals surface area contributed by atoms with Crippen LogP contribution in [0.5, 0.6) is 5.75 Å². The predicted molar refractivity (Wildman–Crippen MR) is 134 cm³/mol. The van der Waals surface area contributed by atoms with Gasteiger partial charge in [-0.2, -0.15) is 12.7 Å². The Hall–Kier alpha value is -2.40. The predicted octanol–water partition coefficient (Wildman–Crippen LogP) is 3.76. The zero-order chi connectivity index (χ0) is 25.7. The summed E-state index contributed by atoms with van der Waals surface area (Å²) in [6.45, 7) is 7.49. The van der Waals surface area contributed by atoms with Gasteiger partial charge in [0.2, 0.25) is 0 Å². The van der Waals surface area contributed by atoms with Crippen molar-refractivity contribution >= 4 is 34.2 Å². The topological polar surface area (TPSA) is 127 Å². The van der Waals surface area contributed by atoms with E-state index in [-0.39, 0.29) is 5.92 Å². The Kier molecular flexibility index (Phi) is 9.29. The van der Waals surface area contributed by atoms with E-state index in [2.05, 4.69) is 0 Å². The summed E-state index contributed by atoms with van der Waals surface area (Å²) in [4.78, 5) is 22.6. The summed E-state index contributed by atoms with van der Waals surface area (Å²) in [5.41, 5.74) is 2.07. The number of hydrogen-bond donors (Lipinski definition) is 2. The number of hydrogen-bond acceptors (Lipinski definition) is 6. The molecule has 1 heterocycles. The fourth-order valence-electron chi connectivity index (χ4n) is 3.59. The molecule has 1 aliphatic rings. The first kappa shape index (κ1) is 27.8. The number of carbonyl (C=O) groups excluding carboxylic acids is 1. The second-order valence-electron chi connectivity index (χ2n) is 8.68. The smallest absolute Gasteiger partial charge is 0.347 e. The minimum Gasteiger partial charge on any atom is -0.478 e. The molecule has 1 fully saturated rings. The average Bonchev–Trinajstić information content (AvgIpc) is 3.27. The van der Waals surface area contributed by atoms with Crippen LogP contribution in [0.2, 0.25) is 0 Å². The Morgan fingerprint density at radius 2 is 1.76 bits per heavy atom. The van der Waals surface area contributed by atoms with Crippen molar-refractivity contribution in [1.82, 2.24) is 4.31 Å². The van der Waals surface area contributed by atoms with Gasteiger partial charge in [-0.15, -0.1) is 11.8 Å². The van der Waals surface area contributed by atoms with Gasteiger partial charge in [-0.1, -0.05) is 24.3 Å². The summed E-state index contributed by atoms with van der Waals surface area (Å²) < 4.78 is 29.9. The van der Waals surface area contributed by atoms with E-state index < -0.39 is 21.8 Å². The number of aldehydes is 1. The van der Waals surface area contributed by atoms with Crippen molar-refractivity contribution in [1.29, 1.82) is 0 Å². The number of benzene rings is 2. The molecule has 1 unspecified atom stereocenters. The van der Waals surface area contributed by atoms with E-state index in [1.807, 2.05) is 56.5 Å². The van der Waals surface area contributed by atoms with Gasteiger partial charge in [-0.05, 0) is 75.1 Å². The standard InChI is InChI=1S/C16H24N2O5S.C8H8OS/c1-10-7-13(12-5-6-18(9-12)24(17,21)22)8-11(2)14(10)23-16(3,4)15(19)20;1-10-8-4-2-7(6-9)3-5-8/h7-8,12H,5-6,9H2,1-4H3,(H,19,20)(H2,17,21,22);2-6H,1H3. The highest BCUT2D eigenvalue weighted by Crippen LogP contribution is 2.34. The molecular formula is C24H32N2O6S2. The zero-order valence-electron chi connectivity index (χ0n) is 20.1. The highest BCUT2D eigenvalue weighted by atomic mass is 32.2. The fraction of sp³-hybridized carbons (Fsp3) is 0.417. The number of carboxylic acid groups (broad SMARTS) is 1. The van der Waals surface area contributed by atoms with Gasteiger partial charge >= 0.3 is 5.97 Å². The van der Waals surface area contributed by atoms with Gasteiger partial charge in [0.25, 0.3) is 10.2 Å². The molecule has 2 aromatic rings. The summed E-state index contributed by atoms with van der Waals surface area (Å²) in [6, 6.07) is 11.4. The molecule has 1 atom stereocenters. The molecular weight excluding hydrogens is 476 g/mol. The molecule has 1 aliphatic heterocycles. The number of rotatable bonds is 7. The SMILES string of the molecule is CSc1ccc(C=O)cc1.Cc1cc(C2CCN(S(N)(=O)=O)C2)cc(C)c1OC(C)(C)C(=O)O. The number of aliphatic carboxylic acids is 1. The normalized spacial score (nSPS) is 16.5. The van der Waals surface area contributed by atoms with E-state index in [4.69, 9.17) is 9.88 Å². The molecule has 10 heteroatoms. The van der Waals surface area contributed by atoms with Gasteiger partial charge in [0, 0.05) is 23.5 Å². The number of nitrogens with two attached hydrogens (primary N) is 1. The number of nitrogens with zero attached hydrogens (tertiary/aromatic N) is 1. The third-order valence-electron chi connectivity index (χ3n) is 5.59. The summed E-state index contributed by atoms with van der Waals surface area (Å²) in [6.07, 6.45) is 3.57. The highest BCUT2D eigenvalue weighted by Gasteiger charge is 2.32. The molecule has 2 aromatic carbocycles. The average molecular weight is 509 g/mol. The summed E-state index contributed by atoms with van der Waals surface area (Å²) in [7, 11) is -3.66. The lowest BCUT2D eigenvalue weighted by Crippen LogP contribution is -2.38. The minimum atomic E-state index is -3.66. The zero-order valence-corrected chi connectivity index (χ0v) is 21.7. The monoisotopic (exact) mass is 508 g/mol. The first-order chi connectivity index (χ1) is 15.8. The maximum Gasteiger partial charge on any atom is 0.347 e. The van der Waals surface area contributed by atoms with Gasteiger partial charge in [0.05, 0.1) is 0 Å². The van der Waals surface area contributed by atoms with Crippen molar-refractivity contribution in [2.75, 3.05) is 19.3 Å². The highest BCUT2D eigenvalue weighted by molar-refractivity contribution is 7.98. The molecule has 8 nitrogen and oxygen atoms in total. The number of thioether (sulfide) groups is 1. The van der Waals surface area contributed by atoms with E-state index in [9.17, 15) is 23.1 Å². The Morgan fingerprint density at radius 1 is 1.21 bits per heavy atom. The molecule has 186 valence electrons. The number of carbonyl (C=O) groups is 2. The van der Waals surface area contributed by atoms with E-state index in [0.29, 0.717) is 25.3 Å². The lowest BCUT2D eigenvalue weighted by Gasteiger charge is -2.25. The molecule has 0 aromatic heterocycles. The molecule has 0 amide bonds. The van der Waals surface area contributed by atoms with Crippen LogP contribution in [-0.2, 0) is 15.0 Å². The third-order valence-corrected chi connectivity index (χ3v) is 7.38. The summed E-state index contributed by atoms with van der Waals surface area (Å²) in [5.74, 6) is -0.417. The van der Waals surface area contributed by atoms with Crippen LogP contribution in [0.1, 0.15) is 53.2 Å². The minimum absolute atomic E-state index is 0.0715. The van der Waals surface area contributed by atoms with Crippen LogP contribution in [0.25, 0.3) is 0 Å². The molecule has 0 saturated carbocycles. The van der Waals surface area contributed by atoms with Crippen LogP contribution in [0, 0.1) is 13.8 Å². The maximum atomic E-state index is 11.4. The number of ether oxygens (including phenoxy) is 1. The van der Waals surface area contributed by atoms with E-state index in [0.717, 1.165) is 28.5 Å². The van der Waals surface area contributed by atoms with E-state index in [1.54, 1.807) is 11.8 Å². The van der Waals surface area contributed by atoms with Gasteiger partial charge in [0.15, 0.2) is 5.60 Å². The molecule has 3 N–H and O–H groups in total. The molecule has 0 radical (unpaired) electrons. The van der Waals surface area contributed by atoms with Gasteiger partial charge < -0.3 is 9.84 Å². The Balaban J connectivity index is 0.000000340. The van der Waals surface area contributed by atoms with Gasteiger partial charge in [-0.25, -0.2) is 9.93 Å². The van der Waals surface area contributed by atoms with Crippen LogP contribution >= 0.6 is 11.8 Å². The van der Waals surface area contributed by atoms with Crippen LogP contribution in [0.15, 0.2) is 41.3 Å². The van der Waals surface area contributed by atoms with Crippen LogP contribution < -0.4 is 9.88 Å². The third kappa shape index (κ3) is 7.30. The Morgan fingerprint density at radius 3 is 2.18 bits per heavy atom. The molecule has 0 aliphatic carbocycles. The fourth-order valence-corrected chi connectivity index (χ4v) is 4.75. The first-order valence-electron chi connectivity index (χ1n) is 10.7. The van der Waals surface area contributed by atoms with E-state index >= 15 is 0 Å². The molecule has 0 spiro atoms. The van der Waals surface area contributed by atoms with Crippen molar-refractivity contribution in [3.8, 4) is 5.75 Å². The molecule has 34 heavy (non-hydrogen) atoms. The van der Waals surface area contributed by atoms with Crippen LogP contribution in [-0.4, -0.2) is 55.0 Å². The second-order valence-corrected chi connectivity index (χ2v) is 11.1. The Bertz CT molecular complexity index is 1110. The molecule has 0 bridgehead atoms. The lowest BCUT2D eigenvalue weighted by molar-refractivity contribution is -0.152. The number of carboxylic acids is 1. The van der Waals surface area contributed by atoms with Gasteiger partial charge in [0.1, 0.15) is 12.0 Å². The molecule has 3 rings (SSSR count). The van der Waals surface area contributed by atoms with Crippen molar-refractivity contribution in [3.05, 3.63) is 58.7 Å². The summed E-state index contributed by atoms with van der Waals surface area (Å²) in [5, 5.41) is 14.4. The second kappa shape index (κ2) is 11.4. The largest absolute Gasteiger partial charge is 0.478 e. The van der Waals surface area contributed by atoms with Gasteiger partial charge in [-0.3, -0.25) is 4.79 Å². The van der Waals surface area contributed by atoms with Crippen molar-refractivity contribution in [2.45, 2.75) is 50.5 Å². The van der Waals surface area contributed by atoms with Crippen LogP contribution in [0.4, 0.5) is 0 Å². The lowest BCUT2D eigenvalue weighted by atomic mass is 9.94. The van der Waals surface area contributed by atoms with Crippen molar-refractivity contribution in [3.63, 3.8) is 0 Å². The van der Waals surface area contributed by atoms with Crippen molar-refractivity contribution < 1.29 is 27.9 Å². The van der Waals surface area contributed by atoms with E-state index in [1.165, 1.54) is 23.0 Å². The molecule has 1 saturated heterocycles. The van der Waals surface area contributed by atoms with Crippen LogP contribution in [0.3, 0.4) is 0 Å². The quantitative estimate of drug-likeness (QED) is 0.431. The number of aryl methyl sites for hydroxylation is 2. The maximum absolute atomic E-state index is 11.4. The summed E-state index contributed by atoms with van der Waals surface area (Å²) >= 11 is 1.67. The first-order valence-corrected chi connectivity index (χ1v) is 13.4. The Labute approximate surface area is 205 Å².